The zero-order chi connectivity index (χ0) is 13.9. The molecular formula is C16H23NO2. The van der Waals surface area contributed by atoms with E-state index in [9.17, 15) is 4.79 Å². The van der Waals surface area contributed by atoms with Gasteiger partial charge in [-0.3, -0.25) is 9.69 Å². The molecule has 0 spiro atoms. The summed E-state index contributed by atoms with van der Waals surface area (Å²) in [6.07, 6.45) is 5.36. The summed E-state index contributed by atoms with van der Waals surface area (Å²) in [5.41, 5.74) is 0.355. The minimum absolute atomic E-state index is 0.203. The van der Waals surface area contributed by atoms with Crippen LogP contribution in [0.3, 0.4) is 0 Å². The zero-order valence-corrected chi connectivity index (χ0v) is 12.1. The van der Waals surface area contributed by atoms with Gasteiger partial charge in [-0.2, -0.15) is 0 Å². The molecule has 0 aliphatic heterocycles. The molecular weight excluding hydrogens is 238 g/mol. The van der Waals surface area contributed by atoms with Crippen LogP contribution in [0.5, 0.6) is 5.75 Å². The average Bonchev–Trinajstić information content (AvgIpc) is 2.47. The summed E-state index contributed by atoms with van der Waals surface area (Å²) >= 11 is 0. The number of likely N-dealkylation sites (N-methyl/N-ethyl adjacent to an activating group) is 1. The van der Waals surface area contributed by atoms with Gasteiger partial charge in [0.1, 0.15) is 5.75 Å². The fraction of sp³-hybridized carbons (Fsp3) is 0.562. The van der Waals surface area contributed by atoms with Gasteiger partial charge in [-0.05, 0) is 39.1 Å². The molecule has 0 radical (unpaired) electrons. The molecule has 0 N–H and O–H groups in total. The summed E-state index contributed by atoms with van der Waals surface area (Å²) in [5, 5.41) is 0. The van der Waals surface area contributed by atoms with Crippen molar-refractivity contribution in [2.45, 2.75) is 37.6 Å². The average molecular weight is 261 g/mol. The highest BCUT2D eigenvalue weighted by Crippen LogP contribution is 2.36. The summed E-state index contributed by atoms with van der Waals surface area (Å²) < 4.78 is 5.34. The molecule has 1 aliphatic rings. The van der Waals surface area contributed by atoms with Crippen molar-refractivity contribution < 1.29 is 9.53 Å². The van der Waals surface area contributed by atoms with Crippen LogP contribution in [0.2, 0.25) is 0 Å². The van der Waals surface area contributed by atoms with Gasteiger partial charge in [-0.15, -0.1) is 0 Å². The molecule has 0 unspecified atom stereocenters. The number of carbonyl (C=O) groups is 1. The SMILES string of the molecule is COc1ccccc1C(=O)C1(N(C)C)CCCCC1. The van der Waals surface area contributed by atoms with E-state index in [4.69, 9.17) is 4.74 Å². The van der Waals surface area contributed by atoms with Gasteiger partial charge < -0.3 is 4.74 Å². The maximum Gasteiger partial charge on any atom is 0.186 e. The van der Waals surface area contributed by atoms with Gasteiger partial charge in [-0.25, -0.2) is 0 Å². The molecule has 1 aromatic rings. The van der Waals surface area contributed by atoms with Crippen molar-refractivity contribution in [1.29, 1.82) is 0 Å². The monoisotopic (exact) mass is 261 g/mol. The van der Waals surface area contributed by atoms with E-state index >= 15 is 0 Å². The zero-order valence-electron chi connectivity index (χ0n) is 12.1. The summed E-state index contributed by atoms with van der Waals surface area (Å²) in [6, 6.07) is 7.54. The number of benzene rings is 1. The van der Waals surface area contributed by atoms with E-state index in [-0.39, 0.29) is 11.3 Å². The van der Waals surface area contributed by atoms with Gasteiger partial charge in [-0.1, -0.05) is 31.4 Å². The first-order chi connectivity index (χ1) is 9.12. The van der Waals surface area contributed by atoms with Crippen LogP contribution in [0.4, 0.5) is 0 Å². The number of Topliss-reactive ketones (excluding diaryl/α,β-unsaturated/α-hetero) is 1. The smallest absolute Gasteiger partial charge is 0.186 e. The lowest BCUT2D eigenvalue weighted by Crippen LogP contribution is -2.52. The fourth-order valence-corrected chi connectivity index (χ4v) is 3.10. The fourth-order valence-electron chi connectivity index (χ4n) is 3.10. The Hall–Kier alpha value is -1.35. The molecule has 3 nitrogen and oxygen atoms in total. The number of rotatable bonds is 4. The van der Waals surface area contributed by atoms with Crippen LogP contribution in [0, 0.1) is 0 Å². The first kappa shape index (κ1) is 14.1. The summed E-state index contributed by atoms with van der Waals surface area (Å²) in [6.45, 7) is 0. The minimum atomic E-state index is -0.354. The van der Waals surface area contributed by atoms with E-state index in [2.05, 4.69) is 4.90 Å². The van der Waals surface area contributed by atoms with E-state index in [1.165, 1.54) is 6.42 Å². The molecule has 0 saturated heterocycles. The van der Waals surface area contributed by atoms with Gasteiger partial charge in [0.25, 0.3) is 0 Å². The van der Waals surface area contributed by atoms with Crippen LogP contribution in [0.1, 0.15) is 42.5 Å². The Bertz CT molecular complexity index is 448. The van der Waals surface area contributed by atoms with Gasteiger partial charge in [0.2, 0.25) is 0 Å². The van der Waals surface area contributed by atoms with Crippen molar-refractivity contribution in [3.63, 3.8) is 0 Å². The molecule has 1 aromatic carbocycles. The highest BCUT2D eigenvalue weighted by atomic mass is 16.5. The van der Waals surface area contributed by atoms with Crippen LogP contribution in [0.25, 0.3) is 0 Å². The second-order valence-corrected chi connectivity index (χ2v) is 5.52. The van der Waals surface area contributed by atoms with Crippen molar-refractivity contribution in [2.24, 2.45) is 0 Å². The quantitative estimate of drug-likeness (QED) is 0.780. The van der Waals surface area contributed by atoms with Gasteiger partial charge >= 0.3 is 0 Å². The predicted molar refractivity (Wildman–Crippen MR) is 76.8 cm³/mol. The number of nitrogens with zero attached hydrogens (tertiary/aromatic N) is 1. The summed E-state index contributed by atoms with van der Waals surface area (Å²) in [4.78, 5) is 15.1. The predicted octanol–water partition coefficient (Wildman–Crippen LogP) is 3.14. The highest BCUT2D eigenvalue weighted by molar-refractivity contribution is 6.05. The molecule has 1 aliphatic carbocycles. The van der Waals surface area contributed by atoms with Crippen molar-refractivity contribution in [3.8, 4) is 5.75 Å². The molecule has 0 bridgehead atoms. The molecule has 0 heterocycles. The molecule has 19 heavy (non-hydrogen) atoms. The second kappa shape index (κ2) is 5.74. The maximum atomic E-state index is 13.0. The Morgan fingerprint density at radius 1 is 1.16 bits per heavy atom. The molecule has 3 heteroatoms. The van der Waals surface area contributed by atoms with Crippen LogP contribution in [0.15, 0.2) is 24.3 Å². The Balaban J connectivity index is 2.39. The third-order valence-electron chi connectivity index (χ3n) is 4.31. The number of ether oxygens (including phenoxy) is 1. The first-order valence-corrected chi connectivity index (χ1v) is 6.97. The number of carbonyl (C=O) groups excluding carboxylic acids is 1. The van der Waals surface area contributed by atoms with Crippen LogP contribution in [-0.4, -0.2) is 37.4 Å². The Kier molecular flexibility index (Phi) is 4.25. The van der Waals surface area contributed by atoms with Crippen LogP contribution < -0.4 is 4.74 Å². The number of ketones is 1. The lowest BCUT2D eigenvalue weighted by Gasteiger charge is -2.41. The third kappa shape index (κ3) is 2.52. The minimum Gasteiger partial charge on any atom is -0.496 e. The largest absolute Gasteiger partial charge is 0.496 e. The molecule has 104 valence electrons. The lowest BCUT2D eigenvalue weighted by atomic mass is 9.75. The number of methoxy groups -OCH3 is 1. The summed E-state index contributed by atoms with van der Waals surface area (Å²) in [5.74, 6) is 0.883. The molecule has 0 atom stereocenters. The van der Waals surface area contributed by atoms with Crippen molar-refractivity contribution in [2.75, 3.05) is 21.2 Å². The number of hydrogen-bond donors (Lipinski definition) is 0. The topological polar surface area (TPSA) is 29.5 Å². The molecule has 0 aromatic heterocycles. The summed E-state index contributed by atoms with van der Waals surface area (Å²) in [7, 11) is 5.65. The molecule has 0 amide bonds. The van der Waals surface area contributed by atoms with E-state index < -0.39 is 0 Å². The first-order valence-electron chi connectivity index (χ1n) is 6.97. The Morgan fingerprint density at radius 2 is 1.79 bits per heavy atom. The highest BCUT2D eigenvalue weighted by Gasteiger charge is 2.42. The lowest BCUT2D eigenvalue weighted by molar-refractivity contribution is 0.0561. The Morgan fingerprint density at radius 3 is 2.37 bits per heavy atom. The van der Waals surface area contributed by atoms with Gasteiger partial charge in [0, 0.05) is 0 Å². The van der Waals surface area contributed by atoms with Crippen molar-refractivity contribution in [3.05, 3.63) is 29.8 Å². The van der Waals surface area contributed by atoms with E-state index in [0.29, 0.717) is 11.3 Å². The number of hydrogen-bond acceptors (Lipinski definition) is 3. The van der Waals surface area contributed by atoms with Crippen molar-refractivity contribution >= 4 is 5.78 Å². The van der Waals surface area contributed by atoms with E-state index in [1.807, 2.05) is 38.4 Å². The third-order valence-corrected chi connectivity index (χ3v) is 4.31. The van der Waals surface area contributed by atoms with E-state index in [0.717, 1.165) is 25.7 Å². The molecule has 1 saturated carbocycles. The van der Waals surface area contributed by atoms with Crippen LogP contribution >= 0.6 is 0 Å². The number of para-hydroxylation sites is 1. The van der Waals surface area contributed by atoms with Gasteiger partial charge in [0.05, 0.1) is 18.2 Å². The second-order valence-electron chi connectivity index (χ2n) is 5.52. The molecule has 2 rings (SSSR count). The molecule has 1 fully saturated rings. The maximum absolute atomic E-state index is 13.0. The van der Waals surface area contributed by atoms with Gasteiger partial charge in [0.15, 0.2) is 5.78 Å². The Labute approximate surface area is 115 Å². The van der Waals surface area contributed by atoms with Crippen molar-refractivity contribution in [1.82, 2.24) is 4.90 Å². The van der Waals surface area contributed by atoms with E-state index in [1.54, 1.807) is 7.11 Å². The normalized spacial score (nSPS) is 18.3. The standard InChI is InChI=1S/C16H23NO2/c1-17(2)16(11-7-4-8-12-16)15(18)13-9-5-6-10-14(13)19-3/h5-6,9-10H,4,7-8,11-12H2,1-3H3. The van der Waals surface area contributed by atoms with Crippen LogP contribution in [-0.2, 0) is 0 Å².